The predicted octanol–water partition coefficient (Wildman–Crippen LogP) is 2.16. The fourth-order valence-corrected chi connectivity index (χ4v) is 4.94. The number of rotatable bonds is 7. The van der Waals surface area contributed by atoms with Crippen molar-refractivity contribution in [1.29, 1.82) is 0 Å². The van der Waals surface area contributed by atoms with E-state index in [1.165, 1.54) is 4.90 Å². The molecule has 1 heterocycles. The van der Waals surface area contributed by atoms with Crippen LogP contribution in [-0.2, 0) is 19.1 Å². The Morgan fingerprint density at radius 2 is 1.71 bits per heavy atom. The quantitative estimate of drug-likeness (QED) is 0.624. The third kappa shape index (κ3) is 5.16. The van der Waals surface area contributed by atoms with Crippen LogP contribution in [0.1, 0.15) is 24.0 Å². The monoisotopic (exact) mass is 481 g/mol. The van der Waals surface area contributed by atoms with Crippen molar-refractivity contribution in [3.63, 3.8) is 0 Å². The molecular weight excluding hydrogens is 450 g/mol. The van der Waals surface area contributed by atoms with Gasteiger partial charge in [0.25, 0.3) is 0 Å². The number of carbonyl (C=O) groups is 3. The number of carboxylic acid groups (broad SMARTS) is 1. The first-order valence-electron chi connectivity index (χ1n) is 11.7. The van der Waals surface area contributed by atoms with Gasteiger partial charge in [0.1, 0.15) is 12.6 Å². The highest BCUT2D eigenvalue weighted by molar-refractivity contribution is 5.90. The second kappa shape index (κ2) is 10.5. The Labute approximate surface area is 204 Å². The third-order valence-electron chi connectivity index (χ3n) is 6.51. The number of ether oxygens (including phenoxy) is 2. The Morgan fingerprint density at radius 3 is 2.29 bits per heavy atom. The van der Waals surface area contributed by atoms with Crippen molar-refractivity contribution in [2.24, 2.45) is 0 Å². The van der Waals surface area contributed by atoms with Crippen LogP contribution in [0, 0.1) is 0 Å². The van der Waals surface area contributed by atoms with Gasteiger partial charge in [-0.3, -0.25) is 4.79 Å². The summed E-state index contributed by atoms with van der Waals surface area (Å²) in [6.07, 6.45) is -1.38. The number of hydrogen-bond acceptors (Lipinski definition) is 6. The zero-order valence-electron chi connectivity index (χ0n) is 20.1. The smallest absolute Gasteiger partial charge is 0.407 e. The summed E-state index contributed by atoms with van der Waals surface area (Å²) in [5.41, 5.74) is 4.43. The van der Waals surface area contributed by atoms with E-state index in [0.29, 0.717) is 0 Å². The molecule has 2 aromatic rings. The molecule has 9 nitrogen and oxygen atoms in total. The molecule has 1 saturated heterocycles. The Kier molecular flexibility index (Phi) is 7.37. The largest absolute Gasteiger partial charge is 0.480 e. The fraction of sp³-hybridized carbons (Fsp3) is 0.423. The van der Waals surface area contributed by atoms with Gasteiger partial charge in [0.05, 0.1) is 12.7 Å². The number of amides is 2. The molecule has 1 aliphatic carbocycles. The number of morpholine rings is 1. The molecule has 2 aromatic carbocycles. The second-order valence-corrected chi connectivity index (χ2v) is 9.18. The lowest BCUT2D eigenvalue weighted by atomic mass is 9.98. The number of benzene rings is 2. The molecule has 4 rings (SSSR count). The average molecular weight is 482 g/mol. The molecule has 186 valence electrons. The molecule has 0 radical (unpaired) electrons. The van der Waals surface area contributed by atoms with Gasteiger partial charge in [0.2, 0.25) is 5.91 Å². The molecule has 1 fully saturated rings. The van der Waals surface area contributed by atoms with E-state index in [1.54, 1.807) is 25.9 Å². The Hall–Kier alpha value is -3.43. The van der Waals surface area contributed by atoms with E-state index in [0.717, 1.165) is 22.3 Å². The molecule has 9 heteroatoms. The summed E-state index contributed by atoms with van der Waals surface area (Å²) < 4.78 is 11.0. The van der Waals surface area contributed by atoms with Crippen molar-refractivity contribution in [3.8, 4) is 11.1 Å². The summed E-state index contributed by atoms with van der Waals surface area (Å²) in [5, 5.41) is 12.3. The maximum absolute atomic E-state index is 13.3. The van der Waals surface area contributed by atoms with Crippen LogP contribution in [0.3, 0.4) is 0 Å². The van der Waals surface area contributed by atoms with Crippen molar-refractivity contribution in [2.45, 2.75) is 31.0 Å². The zero-order chi connectivity index (χ0) is 25.1. The Morgan fingerprint density at radius 1 is 1.11 bits per heavy atom. The molecule has 1 aliphatic heterocycles. The molecule has 2 unspecified atom stereocenters. The minimum atomic E-state index is -1.14. The SMILES string of the molecule is CC1OCCN(C(=O)[C@H](CN(C)C)NC(=O)OCC2c3ccccc3-c3ccccc32)C1C(=O)O. The number of alkyl carbamates (subject to hydrolysis) is 1. The van der Waals surface area contributed by atoms with Gasteiger partial charge < -0.3 is 29.7 Å². The van der Waals surface area contributed by atoms with Crippen LogP contribution in [0.5, 0.6) is 0 Å². The standard InChI is InChI=1S/C26H31N3O6/c1-16-23(25(31)32)29(12-13-34-16)24(30)22(14-28(2)3)27-26(33)35-15-21-19-10-6-4-8-17(19)18-9-5-7-11-20(18)21/h4-11,16,21-23H,12-15H2,1-3H3,(H,27,33)(H,31,32)/t16?,22-,23?/m0/s1. The highest BCUT2D eigenvalue weighted by atomic mass is 16.5. The van der Waals surface area contributed by atoms with E-state index in [-0.39, 0.29) is 32.2 Å². The van der Waals surface area contributed by atoms with Crippen LogP contribution in [0.4, 0.5) is 4.79 Å². The Bertz CT molecular complexity index is 1060. The van der Waals surface area contributed by atoms with Gasteiger partial charge in [0.15, 0.2) is 6.04 Å². The van der Waals surface area contributed by atoms with Crippen LogP contribution in [-0.4, -0.2) is 91.5 Å². The molecule has 0 spiro atoms. The number of nitrogens with one attached hydrogen (secondary N) is 1. The lowest BCUT2D eigenvalue weighted by Gasteiger charge is -2.39. The van der Waals surface area contributed by atoms with E-state index in [2.05, 4.69) is 17.4 Å². The van der Waals surface area contributed by atoms with Crippen molar-refractivity contribution < 1.29 is 29.0 Å². The van der Waals surface area contributed by atoms with Crippen molar-refractivity contribution in [1.82, 2.24) is 15.1 Å². The first-order valence-corrected chi connectivity index (χ1v) is 11.7. The van der Waals surface area contributed by atoms with E-state index >= 15 is 0 Å². The zero-order valence-corrected chi connectivity index (χ0v) is 20.1. The maximum Gasteiger partial charge on any atom is 0.407 e. The molecule has 3 atom stereocenters. The molecule has 0 bridgehead atoms. The van der Waals surface area contributed by atoms with E-state index in [4.69, 9.17) is 9.47 Å². The summed E-state index contributed by atoms with van der Waals surface area (Å²) in [5.74, 6) is -1.72. The number of fused-ring (bicyclic) bond motifs is 3. The first-order chi connectivity index (χ1) is 16.8. The van der Waals surface area contributed by atoms with Gasteiger partial charge in [0, 0.05) is 19.0 Å². The third-order valence-corrected chi connectivity index (χ3v) is 6.51. The van der Waals surface area contributed by atoms with Gasteiger partial charge in [-0.1, -0.05) is 48.5 Å². The fourth-order valence-electron chi connectivity index (χ4n) is 4.94. The van der Waals surface area contributed by atoms with Gasteiger partial charge in [-0.2, -0.15) is 0 Å². The number of hydrogen-bond donors (Lipinski definition) is 2. The maximum atomic E-state index is 13.3. The predicted molar refractivity (Wildman–Crippen MR) is 129 cm³/mol. The number of nitrogens with zero attached hydrogens (tertiary/aromatic N) is 2. The minimum absolute atomic E-state index is 0.104. The number of carbonyl (C=O) groups excluding carboxylic acids is 2. The van der Waals surface area contributed by atoms with Gasteiger partial charge in [-0.15, -0.1) is 0 Å². The van der Waals surface area contributed by atoms with Crippen LogP contribution in [0.15, 0.2) is 48.5 Å². The van der Waals surface area contributed by atoms with Crippen molar-refractivity contribution in [3.05, 3.63) is 59.7 Å². The van der Waals surface area contributed by atoms with Crippen LogP contribution < -0.4 is 5.32 Å². The summed E-state index contributed by atoms with van der Waals surface area (Å²) in [6.45, 7) is 2.31. The second-order valence-electron chi connectivity index (χ2n) is 9.18. The molecule has 2 aliphatic rings. The van der Waals surface area contributed by atoms with E-state index in [9.17, 15) is 19.5 Å². The lowest BCUT2D eigenvalue weighted by molar-refractivity contribution is -0.165. The van der Waals surface area contributed by atoms with Gasteiger partial charge >= 0.3 is 12.1 Å². The van der Waals surface area contributed by atoms with Crippen LogP contribution in [0.2, 0.25) is 0 Å². The van der Waals surface area contributed by atoms with Crippen LogP contribution >= 0.6 is 0 Å². The van der Waals surface area contributed by atoms with Crippen molar-refractivity contribution >= 4 is 18.0 Å². The summed E-state index contributed by atoms with van der Waals surface area (Å²) in [6, 6.07) is 14.0. The summed E-state index contributed by atoms with van der Waals surface area (Å²) >= 11 is 0. The lowest BCUT2D eigenvalue weighted by Crippen LogP contribution is -2.62. The van der Waals surface area contributed by atoms with Gasteiger partial charge in [-0.05, 0) is 43.3 Å². The van der Waals surface area contributed by atoms with Crippen LogP contribution in [0.25, 0.3) is 11.1 Å². The molecular formula is C26H31N3O6. The summed E-state index contributed by atoms with van der Waals surface area (Å²) in [4.78, 5) is 41.0. The molecule has 2 N–H and O–H groups in total. The van der Waals surface area contributed by atoms with E-state index in [1.807, 2.05) is 36.4 Å². The Balaban J connectivity index is 1.46. The molecule has 0 saturated carbocycles. The van der Waals surface area contributed by atoms with Gasteiger partial charge in [-0.25, -0.2) is 9.59 Å². The number of aliphatic carboxylic acids is 1. The molecule has 35 heavy (non-hydrogen) atoms. The van der Waals surface area contributed by atoms with E-state index < -0.39 is 36.2 Å². The van der Waals surface area contributed by atoms with Crippen molar-refractivity contribution in [2.75, 3.05) is 40.4 Å². The highest BCUT2D eigenvalue weighted by Crippen LogP contribution is 2.44. The summed E-state index contributed by atoms with van der Waals surface area (Å²) in [7, 11) is 3.55. The first kappa shape index (κ1) is 24.7. The minimum Gasteiger partial charge on any atom is -0.480 e. The molecule has 0 aromatic heterocycles. The normalized spacial score (nSPS) is 20.2. The number of likely N-dealkylation sites (N-methyl/N-ethyl adjacent to an activating group) is 1. The highest BCUT2D eigenvalue weighted by Gasteiger charge is 2.41. The number of carboxylic acids is 1. The average Bonchev–Trinajstić information content (AvgIpc) is 3.15. The molecule has 2 amide bonds. The topological polar surface area (TPSA) is 108 Å².